The quantitative estimate of drug-likeness (QED) is 0.400. The molecule has 1 aliphatic heterocycles. The van der Waals surface area contributed by atoms with Crippen LogP contribution in [-0.4, -0.2) is 65.1 Å². The number of benzene rings is 1. The van der Waals surface area contributed by atoms with Gasteiger partial charge in [0.05, 0.1) is 11.9 Å². The molecule has 0 saturated carbocycles. The second kappa shape index (κ2) is 10.5. The van der Waals surface area contributed by atoms with Gasteiger partial charge in [0.15, 0.2) is 11.6 Å². The lowest BCUT2D eigenvalue weighted by Gasteiger charge is -2.33. The van der Waals surface area contributed by atoms with Crippen LogP contribution in [-0.2, 0) is 9.84 Å². The average Bonchev–Trinajstić information content (AvgIpc) is 3.21. The maximum Gasteiger partial charge on any atom is 0.229 e. The van der Waals surface area contributed by atoms with E-state index in [2.05, 4.69) is 61.7 Å². The Morgan fingerprint density at radius 3 is 2.51 bits per heavy atom. The SMILES string of the molecule is Cc1cc(Nc2nc(Nc3cc(C)c(C4CCN(CCS(C)(=O)=O)CC4)cc3C)ncc2Cl)n[nH]1. The Morgan fingerprint density at radius 2 is 1.86 bits per heavy atom. The molecule has 0 radical (unpaired) electrons. The highest BCUT2D eigenvalue weighted by Crippen LogP contribution is 2.34. The van der Waals surface area contributed by atoms with Gasteiger partial charge in [0.1, 0.15) is 14.9 Å². The lowest BCUT2D eigenvalue weighted by molar-refractivity contribution is 0.223. The Labute approximate surface area is 211 Å². The number of aryl methyl sites for hydroxylation is 3. The molecule has 1 saturated heterocycles. The Morgan fingerprint density at radius 1 is 1.11 bits per heavy atom. The molecule has 188 valence electrons. The number of halogens is 1. The van der Waals surface area contributed by atoms with E-state index in [1.807, 2.05) is 13.0 Å². The minimum atomic E-state index is -2.93. The molecule has 0 spiro atoms. The van der Waals surface area contributed by atoms with Crippen LogP contribution in [0.3, 0.4) is 0 Å². The van der Waals surface area contributed by atoms with E-state index in [4.69, 9.17) is 11.6 Å². The van der Waals surface area contributed by atoms with Gasteiger partial charge in [-0.05, 0) is 75.4 Å². The Kier molecular flexibility index (Phi) is 7.63. The maximum atomic E-state index is 11.5. The fourth-order valence-electron chi connectivity index (χ4n) is 4.41. The molecule has 11 heteroatoms. The van der Waals surface area contributed by atoms with Crippen LogP contribution in [0.4, 0.5) is 23.3 Å². The second-order valence-electron chi connectivity index (χ2n) is 9.35. The molecule has 1 aliphatic rings. The van der Waals surface area contributed by atoms with Crippen molar-refractivity contribution in [3.63, 3.8) is 0 Å². The number of hydrogen-bond acceptors (Lipinski definition) is 8. The second-order valence-corrected chi connectivity index (χ2v) is 12.0. The van der Waals surface area contributed by atoms with Gasteiger partial charge in [-0.15, -0.1) is 0 Å². The number of nitrogens with zero attached hydrogens (tertiary/aromatic N) is 4. The number of nitrogens with one attached hydrogen (secondary N) is 3. The van der Waals surface area contributed by atoms with Crippen LogP contribution in [0.25, 0.3) is 0 Å². The van der Waals surface area contributed by atoms with Crippen molar-refractivity contribution in [1.29, 1.82) is 0 Å². The number of rotatable bonds is 8. The zero-order chi connectivity index (χ0) is 25.2. The van der Waals surface area contributed by atoms with Crippen molar-refractivity contribution in [3.05, 3.63) is 51.8 Å². The Bertz CT molecular complexity index is 1300. The highest BCUT2D eigenvalue weighted by atomic mass is 35.5. The summed E-state index contributed by atoms with van der Waals surface area (Å²) in [5.74, 6) is 2.24. The zero-order valence-electron chi connectivity index (χ0n) is 20.5. The van der Waals surface area contributed by atoms with Crippen molar-refractivity contribution < 1.29 is 8.42 Å². The van der Waals surface area contributed by atoms with E-state index < -0.39 is 9.84 Å². The van der Waals surface area contributed by atoms with Crippen molar-refractivity contribution in [1.82, 2.24) is 25.1 Å². The van der Waals surface area contributed by atoms with Gasteiger partial charge in [-0.25, -0.2) is 13.4 Å². The van der Waals surface area contributed by atoms with Crippen LogP contribution in [0.1, 0.15) is 41.1 Å². The summed E-state index contributed by atoms with van der Waals surface area (Å²) in [6, 6.07) is 6.26. The maximum absolute atomic E-state index is 11.5. The van der Waals surface area contributed by atoms with Gasteiger partial charge in [0.2, 0.25) is 5.95 Å². The Hall–Kier alpha value is -2.69. The van der Waals surface area contributed by atoms with Crippen LogP contribution in [0.2, 0.25) is 5.02 Å². The fraction of sp³-hybridized carbons (Fsp3) is 0.458. The van der Waals surface area contributed by atoms with E-state index in [-0.39, 0.29) is 5.75 Å². The molecule has 1 fully saturated rings. The van der Waals surface area contributed by atoms with E-state index in [1.165, 1.54) is 17.4 Å². The normalized spacial score (nSPS) is 15.3. The van der Waals surface area contributed by atoms with Gasteiger partial charge in [-0.3, -0.25) is 5.10 Å². The summed E-state index contributed by atoms with van der Waals surface area (Å²) >= 11 is 6.28. The minimum absolute atomic E-state index is 0.224. The summed E-state index contributed by atoms with van der Waals surface area (Å²) in [5, 5.41) is 13.9. The standard InChI is InChI=1S/C24H32ClN7O2S/c1-15-12-21(27-24-26-14-20(25)23(29-24)28-22-13-17(3)30-31-22)16(2)11-19(15)18-5-7-32(8-6-18)9-10-35(4,33)34/h11-14,18H,5-10H2,1-4H3,(H3,26,27,28,29,30,31). The van der Waals surface area contributed by atoms with Crippen molar-refractivity contribution in [2.75, 3.05) is 42.3 Å². The summed E-state index contributed by atoms with van der Waals surface area (Å²) < 4.78 is 22.9. The average molecular weight is 518 g/mol. The molecule has 0 bridgehead atoms. The van der Waals surface area contributed by atoms with Gasteiger partial charge in [-0.2, -0.15) is 10.1 Å². The van der Waals surface area contributed by atoms with E-state index in [0.29, 0.717) is 35.1 Å². The molecule has 3 N–H and O–H groups in total. The predicted molar refractivity (Wildman–Crippen MR) is 141 cm³/mol. The molecule has 3 heterocycles. The molecule has 0 amide bonds. The number of hydrogen-bond donors (Lipinski definition) is 3. The van der Waals surface area contributed by atoms with Gasteiger partial charge in [0.25, 0.3) is 0 Å². The van der Waals surface area contributed by atoms with Crippen molar-refractivity contribution in [2.45, 2.75) is 39.5 Å². The van der Waals surface area contributed by atoms with Gasteiger partial charge in [0, 0.05) is 30.2 Å². The van der Waals surface area contributed by atoms with Gasteiger partial charge in [-0.1, -0.05) is 17.7 Å². The number of sulfone groups is 1. The third kappa shape index (κ3) is 6.71. The zero-order valence-corrected chi connectivity index (χ0v) is 22.1. The van der Waals surface area contributed by atoms with Gasteiger partial charge >= 0.3 is 0 Å². The first kappa shape index (κ1) is 25.4. The third-order valence-electron chi connectivity index (χ3n) is 6.36. The fourth-order valence-corrected chi connectivity index (χ4v) is 5.14. The van der Waals surface area contributed by atoms with E-state index in [1.54, 1.807) is 6.20 Å². The van der Waals surface area contributed by atoms with Crippen LogP contribution in [0, 0.1) is 20.8 Å². The molecule has 4 rings (SSSR count). The number of aromatic amines is 1. The molecular formula is C24H32ClN7O2S. The molecule has 9 nitrogen and oxygen atoms in total. The molecule has 0 unspecified atom stereocenters. The topological polar surface area (TPSA) is 116 Å². The molecule has 3 aromatic rings. The first-order valence-electron chi connectivity index (χ1n) is 11.7. The van der Waals surface area contributed by atoms with E-state index >= 15 is 0 Å². The largest absolute Gasteiger partial charge is 0.324 e. The lowest BCUT2D eigenvalue weighted by Crippen LogP contribution is -2.36. The predicted octanol–water partition coefficient (Wildman–Crippen LogP) is 4.49. The summed E-state index contributed by atoms with van der Waals surface area (Å²) in [4.78, 5) is 11.1. The molecule has 1 aromatic carbocycles. The number of piperidine rings is 1. The van der Waals surface area contributed by atoms with Gasteiger partial charge < -0.3 is 15.5 Å². The van der Waals surface area contributed by atoms with Crippen LogP contribution in [0.5, 0.6) is 0 Å². The van der Waals surface area contributed by atoms with E-state index in [0.717, 1.165) is 42.9 Å². The summed E-state index contributed by atoms with van der Waals surface area (Å²) in [6.07, 6.45) is 4.92. The molecule has 2 aromatic heterocycles. The van der Waals surface area contributed by atoms with Crippen LogP contribution >= 0.6 is 11.6 Å². The third-order valence-corrected chi connectivity index (χ3v) is 7.56. The lowest BCUT2D eigenvalue weighted by atomic mass is 9.85. The number of likely N-dealkylation sites (tertiary alicyclic amines) is 1. The van der Waals surface area contributed by atoms with Crippen LogP contribution < -0.4 is 10.6 Å². The number of anilines is 4. The van der Waals surface area contributed by atoms with Crippen molar-refractivity contribution in [3.8, 4) is 0 Å². The van der Waals surface area contributed by atoms with Crippen LogP contribution in [0.15, 0.2) is 24.4 Å². The summed E-state index contributed by atoms with van der Waals surface area (Å²) in [6.45, 7) is 8.58. The first-order valence-corrected chi connectivity index (χ1v) is 14.1. The van der Waals surface area contributed by atoms with Crippen molar-refractivity contribution in [2.24, 2.45) is 0 Å². The first-order chi connectivity index (χ1) is 16.6. The molecular weight excluding hydrogens is 486 g/mol. The highest BCUT2D eigenvalue weighted by molar-refractivity contribution is 7.90. The number of aromatic nitrogens is 4. The molecule has 0 aliphatic carbocycles. The highest BCUT2D eigenvalue weighted by Gasteiger charge is 2.23. The minimum Gasteiger partial charge on any atom is -0.324 e. The number of H-pyrrole nitrogens is 1. The Balaban J connectivity index is 1.43. The molecule has 0 atom stereocenters. The smallest absolute Gasteiger partial charge is 0.229 e. The summed E-state index contributed by atoms with van der Waals surface area (Å²) in [7, 11) is -2.93. The summed E-state index contributed by atoms with van der Waals surface area (Å²) in [5.41, 5.74) is 5.56. The van der Waals surface area contributed by atoms with Crippen molar-refractivity contribution >= 4 is 44.7 Å². The monoisotopic (exact) mass is 517 g/mol. The molecule has 35 heavy (non-hydrogen) atoms. The van der Waals surface area contributed by atoms with E-state index in [9.17, 15) is 8.42 Å².